The molecule has 0 spiro atoms. The molecule has 0 unspecified atom stereocenters. The molecular formula is C12H10BrNO4. The third kappa shape index (κ3) is 1.99. The number of carbonyl (C=O) groups is 1. The molecule has 94 valence electrons. The number of ether oxygens (including phenoxy) is 2. The number of nitrogens with zero attached hydrogens (tertiary/aromatic N) is 1. The summed E-state index contributed by atoms with van der Waals surface area (Å²) in [5.74, 6) is -0.116. The van der Waals surface area contributed by atoms with Crippen LogP contribution in [0.3, 0.4) is 0 Å². The van der Waals surface area contributed by atoms with Gasteiger partial charge in [0.15, 0.2) is 5.69 Å². The van der Waals surface area contributed by atoms with Crippen molar-refractivity contribution in [2.45, 2.75) is 0 Å². The quantitative estimate of drug-likeness (QED) is 0.944. The molecule has 18 heavy (non-hydrogen) atoms. The van der Waals surface area contributed by atoms with Crippen LogP contribution in [0, 0.1) is 0 Å². The Bertz CT molecular complexity index is 627. The van der Waals surface area contributed by atoms with Gasteiger partial charge in [-0.2, -0.15) is 0 Å². The van der Waals surface area contributed by atoms with Crippen molar-refractivity contribution in [2.24, 2.45) is 0 Å². The largest absolute Gasteiger partial charge is 0.496 e. The van der Waals surface area contributed by atoms with E-state index < -0.39 is 5.97 Å². The summed E-state index contributed by atoms with van der Waals surface area (Å²) in [6, 6.07) is 4.88. The van der Waals surface area contributed by atoms with Crippen molar-refractivity contribution in [3.63, 3.8) is 0 Å². The lowest BCUT2D eigenvalue weighted by atomic mass is 10.1. The van der Waals surface area contributed by atoms with Crippen LogP contribution in [0.2, 0.25) is 0 Å². The molecule has 0 saturated heterocycles. The highest BCUT2D eigenvalue weighted by molar-refractivity contribution is 9.10. The Morgan fingerprint density at radius 2 is 1.94 bits per heavy atom. The first-order valence-electron chi connectivity index (χ1n) is 5.03. The summed E-state index contributed by atoms with van der Waals surface area (Å²) in [4.78, 5) is 15.1. The molecule has 0 bridgehead atoms. The highest BCUT2D eigenvalue weighted by Gasteiger charge is 2.16. The van der Waals surface area contributed by atoms with Gasteiger partial charge in [0.05, 0.1) is 25.1 Å². The van der Waals surface area contributed by atoms with Crippen molar-refractivity contribution in [3.8, 4) is 11.5 Å². The third-order valence-electron chi connectivity index (χ3n) is 2.50. The van der Waals surface area contributed by atoms with E-state index in [-0.39, 0.29) is 5.69 Å². The van der Waals surface area contributed by atoms with Gasteiger partial charge in [0.25, 0.3) is 0 Å². The lowest BCUT2D eigenvalue weighted by molar-refractivity contribution is 0.0690. The van der Waals surface area contributed by atoms with E-state index in [0.717, 1.165) is 0 Å². The number of hydrogen-bond donors (Lipinski definition) is 1. The zero-order chi connectivity index (χ0) is 13.3. The number of carboxylic acids is 1. The Hall–Kier alpha value is -1.82. The number of benzene rings is 1. The first-order chi connectivity index (χ1) is 8.58. The second kappa shape index (κ2) is 4.81. The van der Waals surface area contributed by atoms with Gasteiger partial charge in [-0.3, -0.25) is 0 Å². The fraction of sp³-hybridized carbons (Fsp3) is 0.167. The zero-order valence-corrected chi connectivity index (χ0v) is 11.3. The number of halogens is 1. The number of carboxylic acid groups (broad SMARTS) is 1. The average Bonchev–Trinajstić information content (AvgIpc) is 2.38. The standard InChI is InChI=1S/C12H10BrNO4/c1-17-8-4-3-6(13)11-10(8)9(18-2)5-7(14-11)12(15)16/h3-5H,1-2H3,(H,15,16). The molecule has 2 rings (SSSR count). The first kappa shape index (κ1) is 12.6. The number of aromatic nitrogens is 1. The Morgan fingerprint density at radius 1 is 1.28 bits per heavy atom. The molecule has 0 aliphatic heterocycles. The van der Waals surface area contributed by atoms with Gasteiger partial charge in [-0.1, -0.05) is 0 Å². The van der Waals surface area contributed by atoms with Crippen molar-refractivity contribution < 1.29 is 19.4 Å². The van der Waals surface area contributed by atoms with Crippen LogP contribution in [-0.4, -0.2) is 30.3 Å². The molecule has 2 aromatic rings. The maximum Gasteiger partial charge on any atom is 0.354 e. The van der Waals surface area contributed by atoms with Crippen LogP contribution in [0.25, 0.3) is 10.9 Å². The highest BCUT2D eigenvalue weighted by atomic mass is 79.9. The van der Waals surface area contributed by atoms with E-state index >= 15 is 0 Å². The maximum atomic E-state index is 11.0. The van der Waals surface area contributed by atoms with Gasteiger partial charge < -0.3 is 14.6 Å². The molecule has 0 fully saturated rings. The Morgan fingerprint density at radius 3 is 2.50 bits per heavy atom. The van der Waals surface area contributed by atoms with Gasteiger partial charge in [0.2, 0.25) is 0 Å². The Balaban J connectivity index is 2.90. The molecule has 5 nitrogen and oxygen atoms in total. The van der Waals surface area contributed by atoms with Gasteiger partial charge in [-0.15, -0.1) is 0 Å². The molecule has 0 aliphatic carbocycles. The molecule has 0 saturated carbocycles. The predicted molar refractivity (Wildman–Crippen MR) is 69.5 cm³/mol. The molecule has 1 heterocycles. The fourth-order valence-corrected chi connectivity index (χ4v) is 2.10. The lowest BCUT2D eigenvalue weighted by Crippen LogP contribution is -2.02. The summed E-state index contributed by atoms with van der Waals surface area (Å²) in [5.41, 5.74) is 0.416. The predicted octanol–water partition coefficient (Wildman–Crippen LogP) is 2.71. The molecule has 1 N–H and O–H groups in total. The maximum absolute atomic E-state index is 11.0. The van der Waals surface area contributed by atoms with E-state index in [2.05, 4.69) is 20.9 Å². The van der Waals surface area contributed by atoms with E-state index in [9.17, 15) is 4.79 Å². The van der Waals surface area contributed by atoms with Gasteiger partial charge >= 0.3 is 5.97 Å². The smallest absolute Gasteiger partial charge is 0.354 e. The van der Waals surface area contributed by atoms with Crippen molar-refractivity contribution in [2.75, 3.05) is 14.2 Å². The lowest BCUT2D eigenvalue weighted by Gasteiger charge is -2.11. The third-order valence-corrected chi connectivity index (χ3v) is 3.14. The van der Waals surface area contributed by atoms with Gasteiger partial charge in [0, 0.05) is 10.5 Å². The number of hydrogen-bond acceptors (Lipinski definition) is 4. The van der Waals surface area contributed by atoms with Gasteiger partial charge in [-0.25, -0.2) is 9.78 Å². The SMILES string of the molecule is COc1ccc(Br)c2nc(C(=O)O)cc(OC)c12. The van der Waals surface area contributed by atoms with Crippen LogP contribution in [-0.2, 0) is 0 Å². The molecule has 1 aromatic heterocycles. The average molecular weight is 312 g/mol. The molecule has 6 heteroatoms. The van der Waals surface area contributed by atoms with Crippen molar-refractivity contribution >= 4 is 32.8 Å². The van der Waals surface area contributed by atoms with E-state index in [1.807, 2.05) is 0 Å². The van der Waals surface area contributed by atoms with E-state index in [1.165, 1.54) is 20.3 Å². The van der Waals surface area contributed by atoms with Gasteiger partial charge in [-0.05, 0) is 28.1 Å². The number of aromatic carboxylic acids is 1. The van der Waals surface area contributed by atoms with Crippen LogP contribution in [0.4, 0.5) is 0 Å². The van der Waals surface area contributed by atoms with Crippen LogP contribution >= 0.6 is 15.9 Å². The van der Waals surface area contributed by atoms with Crippen LogP contribution in [0.1, 0.15) is 10.5 Å². The Labute approximate surface area is 111 Å². The molecular weight excluding hydrogens is 302 g/mol. The number of pyridine rings is 1. The Kier molecular flexibility index (Phi) is 3.38. The fourth-order valence-electron chi connectivity index (χ4n) is 1.68. The minimum atomic E-state index is -1.11. The van der Waals surface area contributed by atoms with Gasteiger partial charge in [0.1, 0.15) is 11.5 Å². The van der Waals surface area contributed by atoms with E-state index in [4.69, 9.17) is 14.6 Å². The van der Waals surface area contributed by atoms with Crippen LogP contribution < -0.4 is 9.47 Å². The summed E-state index contributed by atoms with van der Waals surface area (Å²) in [6.07, 6.45) is 0. The molecule has 1 aromatic carbocycles. The molecule has 0 aliphatic rings. The van der Waals surface area contributed by atoms with E-state index in [1.54, 1.807) is 12.1 Å². The number of fused-ring (bicyclic) bond motifs is 1. The monoisotopic (exact) mass is 311 g/mol. The summed E-state index contributed by atoms with van der Waals surface area (Å²) in [6.45, 7) is 0. The minimum absolute atomic E-state index is 0.0756. The second-order valence-corrected chi connectivity index (χ2v) is 4.34. The van der Waals surface area contributed by atoms with Crippen LogP contribution in [0.15, 0.2) is 22.7 Å². The minimum Gasteiger partial charge on any atom is -0.496 e. The zero-order valence-electron chi connectivity index (χ0n) is 9.73. The number of rotatable bonds is 3. The summed E-state index contributed by atoms with van der Waals surface area (Å²) >= 11 is 3.34. The van der Waals surface area contributed by atoms with Crippen molar-refractivity contribution in [1.82, 2.24) is 4.98 Å². The normalized spacial score (nSPS) is 10.4. The van der Waals surface area contributed by atoms with Crippen molar-refractivity contribution in [1.29, 1.82) is 0 Å². The molecule has 0 radical (unpaired) electrons. The van der Waals surface area contributed by atoms with Crippen LogP contribution in [0.5, 0.6) is 11.5 Å². The molecule has 0 amide bonds. The summed E-state index contributed by atoms with van der Waals surface area (Å²) < 4.78 is 11.1. The topological polar surface area (TPSA) is 68.7 Å². The van der Waals surface area contributed by atoms with Crippen molar-refractivity contribution in [3.05, 3.63) is 28.4 Å². The molecule has 0 atom stereocenters. The second-order valence-electron chi connectivity index (χ2n) is 3.49. The highest BCUT2D eigenvalue weighted by Crippen LogP contribution is 2.37. The number of methoxy groups -OCH3 is 2. The van der Waals surface area contributed by atoms with E-state index in [0.29, 0.717) is 26.9 Å². The summed E-state index contributed by atoms with van der Waals surface area (Å²) in [5, 5.41) is 9.66. The first-order valence-corrected chi connectivity index (χ1v) is 5.82. The summed E-state index contributed by atoms with van der Waals surface area (Å²) in [7, 11) is 3.01.